The third-order valence-corrected chi connectivity index (χ3v) is 8.19. The lowest BCUT2D eigenvalue weighted by Crippen LogP contribution is -2.71. The average Bonchev–Trinajstić information content (AvgIpc) is 3.16. The standard InChI is InChI=1S/C27H42BrN5O3/c1-9-27(8)16-32(26(6,7)15-33(27)24(34)36-25(3,4)5)22(19-12-10-11-13-35-19)18-14-20(28)29-23-21(18)17(2)30-31-23/h14,19,22H,9-13,15-16H2,1-8H3,(H,29,30,31). The summed E-state index contributed by atoms with van der Waals surface area (Å²) in [6.07, 6.45) is 3.84. The predicted octanol–water partition coefficient (Wildman–Crippen LogP) is 6.14. The van der Waals surface area contributed by atoms with E-state index >= 15 is 0 Å². The summed E-state index contributed by atoms with van der Waals surface area (Å²) in [5.74, 6) is 0. The van der Waals surface area contributed by atoms with Crippen molar-refractivity contribution >= 4 is 33.1 Å². The van der Waals surface area contributed by atoms with Gasteiger partial charge < -0.3 is 9.47 Å². The number of nitrogens with zero attached hydrogens (tertiary/aromatic N) is 4. The Labute approximate surface area is 223 Å². The van der Waals surface area contributed by atoms with E-state index in [1.54, 1.807) is 0 Å². The fourth-order valence-corrected chi connectivity index (χ4v) is 6.12. The minimum Gasteiger partial charge on any atom is -0.444 e. The van der Waals surface area contributed by atoms with E-state index in [9.17, 15) is 4.79 Å². The van der Waals surface area contributed by atoms with Crippen LogP contribution in [0.4, 0.5) is 4.79 Å². The van der Waals surface area contributed by atoms with Crippen LogP contribution in [-0.4, -0.2) is 73.6 Å². The lowest BCUT2D eigenvalue weighted by atomic mass is 9.81. The van der Waals surface area contributed by atoms with Crippen LogP contribution >= 0.6 is 15.9 Å². The van der Waals surface area contributed by atoms with Gasteiger partial charge in [-0.1, -0.05) is 6.92 Å². The van der Waals surface area contributed by atoms with E-state index in [0.717, 1.165) is 48.0 Å². The lowest BCUT2D eigenvalue weighted by Gasteiger charge is -2.59. The summed E-state index contributed by atoms with van der Waals surface area (Å²) in [5, 5.41) is 8.66. The van der Waals surface area contributed by atoms with Gasteiger partial charge in [0, 0.05) is 36.3 Å². The van der Waals surface area contributed by atoms with E-state index in [2.05, 4.69) is 76.7 Å². The normalized spacial score (nSPS) is 26.2. The number of carbonyl (C=O) groups is 1. The highest BCUT2D eigenvalue weighted by Gasteiger charge is 2.52. The molecule has 2 aromatic heterocycles. The van der Waals surface area contributed by atoms with Gasteiger partial charge in [0.15, 0.2) is 5.65 Å². The van der Waals surface area contributed by atoms with Crippen LogP contribution < -0.4 is 0 Å². The first kappa shape index (κ1) is 27.3. The third-order valence-electron chi connectivity index (χ3n) is 7.79. The molecule has 3 unspecified atom stereocenters. The third kappa shape index (κ3) is 5.29. The number of ether oxygens (including phenoxy) is 2. The molecule has 4 heterocycles. The molecular weight excluding hydrogens is 522 g/mol. The van der Waals surface area contributed by atoms with Gasteiger partial charge >= 0.3 is 6.09 Å². The smallest absolute Gasteiger partial charge is 0.410 e. The SMILES string of the molecule is CCC1(C)CN(C(c2cc(Br)nc3n[nH]c(C)c23)C2CCCCO2)C(C)(C)CN1C(=O)OC(C)(C)C. The highest BCUT2D eigenvalue weighted by atomic mass is 79.9. The van der Waals surface area contributed by atoms with Gasteiger partial charge in [-0.05, 0) is 102 Å². The molecule has 2 saturated heterocycles. The van der Waals surface area contributed by atoms with E-state index < -0.39 is 5.60 Å². The molecule has 2 fully saturated rings. The van der Waals surface area contributed by atoms with Crippen LogP contribution in [0.2, 0.25) is 0 Å². The maximum atomic E-state index is 13.4. The molecule has 0 saturated carbocycles. The number of carbonyl (C=O) groups excluding carboxylic acids is 1. The Hall–Kier alpha value is -1.71. The van der Waals surface area contributed by atoms with Crippen LogP contribution in [0.1, 0.15) is 91.4 Å². The Morgan fingerprint density at radius 2 is 2.03 bits per heavy atom. The first-order valence-corrected chi connectivity index (χ1v) is 14.0. The summed E-state index contributed by atoms with van der Waals surface area (Å²) in [6, 6.07) is 2.12. The number of piperazine rings is 1. The maximum absolute atomic E-state index is 13.4. The number of hydrogen-bond donors (Lipinski definition) is 1. The minimum absolute atomic E-state index is 0.00920. The van der Waals surface area contributed by atoms with Gasteiger partial charge in [-0.3, -0.25) is 14.9 Å². The van der Waals surface area contributed by atoms with Gasteiger partial charge in [0.05, 0.1) is 17.7 Å². The summed E-state index contributed by atoms with van der Waals surface area (Å²) < 4.78 is 13.1. The van der Waals surface area contributed by atoms with Crippen LogP contribution in [0.3, 0.4) is 0 Å². The zero-order chi connectivity index (χ0) is 26.5. The minimum atomic E-state index is -0.542. The average molecular weight is 565 g/mol. The first-order valence-electron chi connectivity index (χ1n) is 13.2. The van der Waals surface area contributed by atoms with Crippen LogP contribution in [0.5, 0.6) is 0 Å². The predicted molar refractivity (Wildman–Crippen MR) is 145 cm³/mol. The maximum Gasteiger partial charge on any atom is 0.410 e. The van der Waals surface area contributed by atoms with Crippen molar-refractivity contribution in [1.29, 1.82) is 0 Å². The Bertz CT molecular complexity index is 1100. The summed E-state index contributed by atoms with van der Waals surface area (Å²) in [7, 11) is 0. The molecule has 0 radical (unpaired) electrons. The molecule has 200 valence electrons. The second-order valence-corrected chi connectivity index (χ2v) is 13.1. The number of amides is 1. The quantitative estimate of drug-likeness (QED) is 0.450. The highest BCUT2D eigenvalue weighted by Crippen LogP contribution is 2.44. The number of aryl methyl sites for hydroxylation is 1. The Kier molecular flexibility index (Phi) is 7.50. The molecule has 2 aliphatic rings. The number of nitrogens with one attached hydrogen (secondary N) is 1. The molecule has 2 aliphatic heterocycles. The molecule has 0 aromatic carbocycles. The number of rotatable bonds is 4. The lowest BCUT2D eigenvalue weighted by molar-refractivity contribution is -0.125. The number of pyridine rings is 1. The molecule has 4 rings (SSSR count). The molecule has 9 heteroatoms. The van der Waals surface area contributed by atoms with Gasteiger partial charge in [-0.2, -0.15) is 5.10 Å². The fraction of sp³-hybridized carbons (Fsp3) is 0.741. The van der Waals surface area contributed by atoms with E-state index in [-0.39, 0.29) is 29.3 Å². The zero-order valence-corrected chi connectivity index (χ0v) is 24.7. The van der Waals surface area contributed by atoms with Gasteiger partial charge in [-0.15, -0.1) is 0 Å². The Balaban J connectivity index is 1.82. The molecular formula is C27H42BrN5O3. The molecule has 0 bridgehead atoms. The van der Waals surface area contributed by atoms with E-state index in [0.29, 0.717) is 18.7 Å². The first-order chi connectivity index (χ1) is 16.8. The number of aromatic amines is 1. The van der Waals surface area contributed by atoms with Crippen molar-refractivity contribution in [1.82, 2.24) is 25.0 Å². The van der Waals surface area contributed by atoms with E-state index in [1.165, 1.54) is 5.56 Å². The molecule has 3 atom stereocenters. The summed E-state index contributed by atoms with van der Waals surface area (Å²) >= 11 is 3.64. The molecule has 36 heavy (non-hydrogen) atoms. The Morgan fingerprint density at radius 1 is 1.31 bits per heavy atom. The summed E-state index contributed by atoms with van der Waals surface area (Å²) in [6.45, 7) is 18.6. The van der Waals surface area contributed by atoms with E-state index in [1.807, 2.05) is 25.7 Å². The summed E-state index contributed by atoms with van der Waals surface area (Å²) in [4.78, 5) is 22.5. The van der Waals surface area contributed by atoms with Crippen LogP contribution in [-0.2, 0) is 9.47 Å². The molecule has 1 amide bonds. The fourth-order valence-electron chi connectivity index (χ4n) is 5.71. The van der Waals surface area contributed by atoms with Crippen molar-refractivity contribution in [2.45, 2.75) is 110 Å². The van der Waals surface area contributed by atoms with Crippen molar-refractivity contribution < 1.29 is 14.3 Å². The molecule has 1 N–H and O–H groups in total. The summed E-state index contributed by atoms with van der Waals surface area (Å²) in [5.41, 5.74) is 1.63. The van der Waals surface area contributed by atoms with Crippen LogP contribution in [0.25, 0.3) is 11.0 Å². The molecule has 8 nitrogen and oxygen atoms in total. The molecule has 0 spiro atoms. The second kappa shape index (κ2) is 9.87. The van der Waals surface area contributed by atoms with Gasteiger partial charge in [-0.25, -0.2) is 9.78 Å². The molecule has 0 aliphatic carbocycles. The number of aromatic nitrogens is 3. The van der Waals surface area contributed by atoms with Crippen molar-refractivity contribution in [2.75, 3.05) is 19.7 Å². The number of hydrogen-bond acceptors (Lipinski definition) is 6. The van der Waals surface area contributed by atoms with Gasteiger partial charge in [0.1, 0.15) is 10.2 Å². The monoisotopic (exact) mass is 563 g/mol. The number of fused-ring (bicyclic) bond motifs is 1. The van der Waals surface area contributed by atoms with Crippen LogP contribution in [0.15, 0.2) is 10.7 Å². The zero-order valence-electron chi connectivity index (χ0n) is 23.1. The van der Waals surface area contributed by atoms with Gasteiger partial charge in [0.2, 0.25) is 0 Å². The number of H-pyrrole nitrogens is 1. The van der Waals surface area contributed by atoms with Crippen molar-refractivity contribution in [3.8, 4) is 0 Å². The molecule has 2 aromatic rings. The largest absolute Gasteiger partial charge is 0.444 e. The number of halogens is 1. The van der Waals surface area contributed by atoms with Crippen molar-refractivity contribution in [2.24, 2.45) is 0 Å². The van der Waals surface area contributed by atoms with Crippen molar-refractivity contribution in [3.05, 3.63) is 21.9 Å². The van der Waals surface area contributed by atoms with E-state index in [4.69, 9.17) is 9.47 Å². The highest BCUT2D eigenvalue weighted by molar-refractivity contribution is 9.10. The Morgan fingerprint density at radius 3 is 2.64 bits per heavy atom. The second-order valence-electron chi connectivity index (χ2n) is 12.3. The van der Waals surface area contributed by atoms with Crippen LogP contribution in [0, 0.1) is 6.92 Å². The van der Waals surface area contributed by atoms with Gasteiger partial charge in [0.25, 0.3) is 0 Å². The topological polar surface area (TPSA) is 83.6 Å². The van der Waals surface area contributed by atoms with Crippen molar-refractivity contribution in [3.63, 3.8) is 0 Å².